The molecule has 1 aliphatic rings. The van der Waals surface area contributed by atoms with Crippen LogP contribution in [-0.4, -0.2) is 30.0 Å². The van der Waals surface area contributed by atoms with E-state index >= 15 is 0 Å². The third-order valence-electron chi connectivity index (χ3n) is 4.17. The summed E-state index contributed by atoms with van der Waals surface area (Å²) in [6.07, 6.45) is 3.39. The third kappa shape index (κ3) is 3.84. The molecule has 0 unspecified atom stereocenters. The van der Waals surface area contributed by atoms with Crippen LogP contribution in [0.5, 0.6) is 0 Å². The molecule has 1 aromatic heterocycles. The molecule has 1 atom stereocenters. The van der Waals surface area contributed by atoms with E-state index in [2.05, 4.69) is 42.3 Å². The van der Waals surface area contributed by atoms with Crippen molar-refractivity contribution >= 4 is 11.6 Å². The summed E-state index contributed by atoms with van der Waals surface area (Å²) in [5, 5.41) is 0.783. The molecule has 2 aromatic rings. The number of hydrogen-bond acceptors (Lipinski definition) is 2. The van der Waals surface area contributed by atoms with Crippen LogP contribution in [-0.2, 0) is 6.42 Å². The lowest BCUT2D eigenvalue weighted by molar-refractivity contribution is 0.248. The summed E-state index contributed by atoms with van der Waals surface area (Å²) >= 11 is 5.93. The summed E-state index contributed by atoms with van der Waals surface area (Å²) in [6, 6.07) is 14.5. The Morgan fingerprint density at radius 1 is 1.19 bits per heavy atom. The van der Waals surface area contributed by atoms with E-state index in [0.29, 0.717) is 5.92 Å². The van der Waals surface area contributed by atoms with E-state index < -0.39 is 0 Å². The summed E-state index contributed by atoms with van der Waals surface area (Å²) in [5.41, 5.74) is 3.64. The lowest BCUT2D eigenvalue weighted by Crippen LogP contribution is -2.31. The first-order valence-electron chi connectivity index (χ1n) is 7.59. The summed E-state index contributed by atoms with van der Waals surface area (Å²) in [4.78, 5) is 7.29. The van der Waals surface area contributed by atoms with Crippen LogP contribution in [0.25, 0.3) is 0 Å². The van der Waals surface area contributed by atoms with Crippen LogP contribution in [0.2, 0.25) is 5.02 Å². The largest absolute Gasteiger partial charge is 0.306 e. The number of pyridine rings is 1. The Balaban J connectivity index is 1.75. The Morgan fingerprint density at radius 3 is 2.76 bits per heavy atom. The van der Waals surface area contributed by atoms with Crippen molar-refractivity contribution in [1.82, 2.24) is 9.88 Å². The highest BCUT2D eigenvalue weighted by Crippen LogP contribution is 2.25. The number of likely N-dealkylation sites (N-methyl/N-ethyl adjacent to an activating group) is 1. The highest BCUT2D eigenvalue weighted by Gasteiger charge is 2.20. The number of hydrogen-bond donors (Lipinski definition) is 0. The smallest absolute Gasteiger partial charge is 0.0450 e. The summed E-state index contributed by atoms with van der Waals surface area (Å²) < 4.78 is 0. The fraction of sp³-hybridized carbons (Fsp3) is 0.389. The maximum Gasteiger partial charge on any atom is 0.0450 e. The molecule has 0 saturated carbocycles. The van der Waals surface area contributed by atoms with Crippen LogP contribution in [0.15, 0.2) is 42.5 Å². The van der Waals surface area contributed by atoms with Crippen molar-refractivity contribution in [2.24, 2.45) is 0 Å². The lowest BCUT2D eigenvalue weighted by atomic mass is 9.94. The van der Waals surface area contributed by atoms with Gasteiger partial charge in [-0.15, -0.1) is 0 Å². The lowest BCUT2D eigenvalue weighted by Gasteiger charge is -2.29. The maximum absolute atomic E-state index is 5.93. The van der Waals surface area contributed by atoms with Crippen LogP contribution in [0.1, 0.15) is 35.7 Å². The first-order valence-corrected chi connectivity index (χ1v) is 7.97. The van der Waals surface area contributed by atoms with E-state index in [1.165, 1.54) is 30.6 Å². The van der Waals surface area contributed by atoms with Crippen molar-refractivity contribution in [3.8, 4) is 0 Å². The predicted molar refractivity (Wildman–Crippen MR) is 88.0 cm³/mol. The van der Waals surface area contributed by atoms with Crippen LogP contribution < -0.4 is 0 Å². The number of rotatable bonds is 3. The second-order valence-electron chi connectivity index (χ2n) is 5.96. The maximum atomic E-state index is 5.93. The minimum absolute atomic E-state index is 0.578. The van der Waals surface area contributed by atoms with Gasteiger partial charge in [-0.2, -0.15) is 0 Å². The average Bonchev–Trinajstić information content (AvgIpc) is 2.50. The normalized spacial score (nSPS) is 19.6. The summed E-state index contributed by atoms with van der Waals surface area (Å²) in [5.74, 6) is 0.578. The van der Waals surface area contributed by atoms with Gasteiger partial charge in [0.25, 0.3) is 0 Å². The molecule has 3 heteroatoms. The summed E-state index contributed by atoms with van der Waals surface area (Å²) in [7, 11) is 2.20. The quantitative estimate of drug-likeness (QED) is 0.847. The van der Waals surface area contributed by atoms with Crippen LogP contribution in [0.4, 0.5) is 0 Å². The topological polar surface area (TPSA) is 16.1 Å². The Hall–Kier alpha value is -1.38. The van der Waals surface area contributed by atoms with Crippen molar-refractivity contribution in [1.29, 1.82) is 0 Å². The van der Waals surface area contributed by atoms with E-state index in [1.54, 1.807) is 0 Å². The molecule has 2 heterocycles. The fourth-order valence-corrected chi connectivity index (χ4v) is 3.17. The van der Waals surface area contributed by atoms with Gasteiger partial charge in [0.2, 0.25) is 0 Å². The van der Waals surface area contributed by atoms with E-state index in [9.17, 15) is 0 Å². The van der Waals surface area contributed by atoms with Crippen LogP contribution in [0.3, 0.4) is 0 Å². The monoisotopic (exact) mass is 300 g/mol. The van der Waals surface area contributed by atoms with Gasteiger partial charge in [-0.3, -0.25) is 4.98 Å². The average molecular weight is 301 g/mol. The molecule has 0 aliphatic carbocycles. The third-order valence-corrected chi connectivity index (χ3v) is 4.42. The van der Waals surface area contributed by atoms with E-state index in [4.69, 9.17) is 16.6 Å². The SMILES string of the molecule is CN1CCC[C@@H](c2cccc(Cc3ccc(Cl)cc3)n2)C1. The van der Waals surface area contributed by atoms with Crippen LogP contribution in [0, 0.1) is 0 Å². The molecule has 0 radical (unpaired) electrons. The molecule has 0 amide bonds. The van der Waals surface area contributed by atoms with Gasteiger partial charge >= 0.3 is 0 Å². The Bertz CT molecular complexity index is 594. The van der Waals surface area contributed by atoms with Crippen molar-refractivity contribution in [2.75, 3.05) is 20.1 Å². The van der Waals surface area contributed by atoms with Gasteiger partial charge in [-0.25, -0.2) is 0 Å². The number of piperidine rings is 1. The van der Waals surface area contributed by atoms with Crippen molar-refractivity contribution in [2.45, 2.75) is 25.2 Å². The molecule has 110 valence electrons. The van der Waals surface area contributed by atoms with Crippen LogP contribution >= 0.6 is 11.6 Å². The number of benzene rings is 1. The Morgan fingerprint density at radius 2 is 2.00 bits per heavy atom. The molecular formula is C18H21ClN2. The molecule has 1 saturated heterocycles. The molecule has 21 heavy (non-hydrogen) atoms. The molecule has 2 nitrogen and oxygen atoms in total. The van der Waals surface area contributed by atoms with Gasteiger partial charge in [0.05, 0.1) is 0 Å². The molecular weight excluding hydrogens is 280 g/mol. The molecule has 1 aliphatic heterocycles. The van der Waals surface area contributed by atoms with Crippen molar-refractivity contribution < 1.29 is 0 Å². The number of likely N-dealkylation sites (tertiary alicyclic amines) is 1. The number of halogens is 1. The van der Waals surface area contributed by atoms with Gasteiger partial charge in [0, 0.05) is 35.3 Å². The van der Waals surface area contributed by atoms with Gasteiger partial charge in [0.15, 0.2) is 0 Å². The van der Waals surface area contributed by atoms with Gasteiger partial charge in [-0.05, 0) is 56.3 Å². The predicted octanol–water partition coefficient (Wildman–Crippen LogP) is 4.14. The van der Waals surface area contributed by atoms with Gasteiger partial charge < -0.3 is 4.90 Å². The second-order valence-corrected chi connectivity index (χ2v) is 6.39. The van der Waals surface area contributed by atoms with E-state index in [0.717, 1.165) is 23.7 Å². The number of nitrogens with zero attached hydrogens (tertiary/aromatic N) is 2. The molecule has 0 bridgehead atoms. The molecule has 3 rings (SSSR count). The minimum atomic E-state index is 0.578. The molecule has 1 aromatic carbocycles. The molecule has 0 spiro atoms. The molecule has 0 N–H and O–H groups in total. The zero-order valence-corrected chi connectivity index (χ0v) is 13.2. The Labute approximate surface area is 131 Å². The first-order chi connectivity index (χ1) is 10.2. The van der Waals surface area contributed by atoms with E-state index in [-0.39, 0.29) is 0 Å². The highest BCUT2D eigenvalue weighted by atomic mass is 35.5. The van der Waals surface area contributed by atoms with Crippen molar-refractivity contribution in [3.05, 3.63) is 64.4 Å². The highest BCUT2D eigenvalue weighted by molar-refractivity contribution is 6.30. The summed E-state index contributed by atoms with van der Waals surface area (Å²) in [6.45, 7) is 2.33. The second kappa shape index (κ2) is 6.59. The van der Waals surface area contributed by atoms with Gasteiger partial charge in [-0.1, -0.05) is 29.8 Å². The van der Waals surface area contributed by atoms with Gasteiger partial charge in [0.1, 0.15) is 0 Å². The number of aromatic nitrogens is 1. The fourth-order valence-electron chi connectivity index (χ4n) is 3.04. The van der Waals surface area contributed by atoms with Crippen molar-refractivity contribution in [3.63, 3.8) is 0 Å². The first kappa shape index (κ1) is 14.6. The Kier molecular flexibility index (Phi) is 4.57. The van der Waals surface area contributed by atoms with E-state index in [1.807, 2.05) is 12.1 Å². The minimum Gasteiger partial charge on any atom is -0.306 e. The molecule has 1 fully saturated rings. The zero-order chi connectivity index (χ0) is 14.7. The zero-order valence-electron chi connectivity index (χ0n) is 12.4. The standard InChI is InChI=1S/C18H21ClN2/c1-21-11-3-4-15(13-21)18-6-2-5-17(20-18)12-14-7-9-16(19)10-8-14/h2,5-10,15H,3-4,11-13H2,1H3/t15-/m1/s1.